The third kappa shape index (κ3) is 4.94. The highest BCUT2D eigenvalue weighted by Crippen LogP contribution is 1.68. The van der Waals surface area contributed by atoms with Crippen LogP contribution in [-0.4, -0.2) is 12.3 Å². The van der Waals surface area contributed by atoms with Gasteiger partial charge in [-0.05, 0) is 6.92 Å². The van der Waals surface area contributed by atoms with Crippen LogP contribution in [0.2, 0.25) is 0 Å². The second-order valence-corrected chi connectivity index (χ2v) is 0.774. The van der Waals surface area contributed by atoms with Crippen LogP contribution in [0.1, 0.15) is 6.92 Å². The number of oxime groups is 1. The fraction of sp³-hybridized carbons (Fsp3) is 0.333. The first-order valence-corrected chi connectivity index (χ1v) is 1.72. The van der Waals surface area contributed by atoms with Gasteiger partial charge in [0.1, 0.15) is 0 Å². The SMILES string of the molecule is CC=NOC(N)=O. The molecule has 0 aliphatic heterocycles. The molecule has 0 rings (SSSR count). The van der Waals surface area contributed by atoms with Gasteiger partial charge in [-0.2, -0.15) is 0 Å². The first-order valence-electron chi connectivity index (χ1n) is 1.72. The van der Waals surface area contributed by atoms with E-state index in [1.165, 1.54) is 6.21 Å². The molecule has 0 aromatic heterocycles. The van der Waals surface area contributed by atoms with Gasteiger partial charge in [0, 0.05) is 6.21 Å². The van der Waals surface area contributed by atoms with Crippen LogP contribution in [-0.2, 0) is 4.84 Å². The first-order chi connectivity index (χ1) is 3.27. The summed E-state index contributed by atoms with van der Waals surface area (Å²) < 4.78 is 0. The quantitative estimate of drug-likeness (QED) is 0.289. The molecule has 1 amide bonds. The summed E-state index contributed by atoms with van der Waals surface area (Å²) in [6.45, 7) is 1.61. The fourth-order valence-corrected chi connectivity index (χ4v) is 0.105. The summed E-state index contributed by atoms with van der Waals surface area (Å²) in [6, 6.07) is 0. The number of hydrogen-bond acceptors (Lipinski definition) is 3. The minimum atomic E-state index is -0.891. The van der Waals surface area contributed by atoms with Crippen molar-refractivity contribution < 1.29 is 9.63 Å². The summed E-state index contributed by atoms with van der Waals surface area (Å²) >= 11 is 0. The van der Waals surface area contributed by atoms with E-state index in [9.17, 15) is 4.79 Å². The number of amides is 1. The van der Waals surface area contributed by atoms with Crippen LogP contribution >= 0.6 is 0 Å². The highest BCUT2D eigenvalue weighted by Gasteiger charge is 1.83. The molecule has 0 fully saturated rings. The van der Waals surface area contributed by atoms with Gasteiger partial charge in [0.05, 0.1) is 0 Å². The Kier molecular flexibility index (Phi) is 2.67. The van der Waals surface area contributed by atoms with Crippen molar-refractivity contribution in [2.24, 2.45) is 10.9 Å². The van der Waals surface area contributed by atoms with E-state index in [0.29, 0.717) is 0 Å². The first kappa shape index (κ1) is 5.94. The number of nitrogens with zero attached hydrogens (tertiary/aromatic N) is 1. The summed E-state index contributed by atoms with van der Waals surface area (Å²) in [5, 5.41) is 3.07. The Morgan fingerprint density at radius 3 is 2.71 bits per heavy atom. The Morgan fingerprint density at radius 2 is 2.57 bits per heavy atom. The van der Waals surface area contributed by atoms with Crippen LogP contribution in [0.4, 0.5) is 4.79 Å². The van der Waals surface area contributed by atoms with E-state index in [0.717, 1.165) is 0 Å². The van der Waals surface area contributed by atoms with Crippen molar-refractivity contribution in [3.63, 3.8) is 0 Å². The van der Waals surface area contributed by atoms with E-state index in [-0.39, 0.29) is 0 Å². The van der Waals surface area contributed by atoms with Gasteiger partial charge < -0.3 is 5.73 Å². The summed E-state index contributed by atoms with van der Waals surface area (Å²) in [4.78, 5) is 13.5. The van der Waals surface area contributed by atoms with Crippen molar-refractivity contribution in [3.8, 4) is 0 Å². The molecule has 0 heterocycles. The Bertz CT molecular complexity index is 88.9. The summed E-state index contributed by atoms with van der Waals surface area (Å²) in [6.07, 6.45) is 0.434. The molecule has 4 heteroatoms. The van der Waals surface area contributed by atoms with Gasteiger partial charge in [0.15, 0.2) is 0 Å². The Hall–Kier alpha value is -1.06. The van der Waals surface area contributed by atoms with Gasteiger partial charge in [0.25, 0.3) is 0 Å². The molecule has 2 N–H and O–H groups in total. The van der Waals surface area contributed by atoms with Crippen molar-refractivity contribution in [2.75, 3.05) is 0 Å². The lowest BCUT2D eigenvalue weighted by atomic mass is 10.9. The number of rotatable bonds is 1. The zero-order valence-corrected chi connectivity index (χ0v) is 3.92. The van der Waals surface area contributed by atoms with Crippen molar-refractivity contribution in [1.29, 1.82) is 0 Å². The Labute approximate surface area is 40.9 Å². The molecule has 0 aromatic carbocycles. The van der Waals surface area contributed by atoms with E-state index in [4.69, 9.17) is 0 Å². The second kappa shape index (κ2) is 3.14. The van der Waals surface area contributed by atoms with Gasteiger partial charge in [0.2, 0.25) is 0 Å². The molecule has 0 radical (unpaired) electrons. The maximum atomic E-state index is 9.64. The molecule has 4 nitrogen and oxygen atoms in total. The molecular formula is C3H6N2O2. The lowest BCUT2D eigenvalue weighted by Crippen LogP contribution is -2.08. The number of nitrogens with two attached hydrogens (primary N) is 1. The maximum Gasteiger partial charge on any atom is 0.430 e. The molecule has 0 aliphatic carbocycles. The minimum absolute atomic E-state index is 0.891. The van der Waals surface area contributed by atoms with Crippen molar-refractivity contribution in [1.82, 2.24) is 0 Å². The Morgan fingerprint density at radius 1 is 2.00 bits per heavy atom. The summed E-state index contributed by atoms with van der Waals surface area (Å²) in [5.41, 5.74) is 4.50. The third-order valence-corrected chi connectivity index (χ3v) is 0.248. The van der Waals surface area contributed by atoms with Crippen LogP contribution in [0.15, 0.2) is 5.16 Å². The predicted molar refractivity (Wildman–Crippen MR) is 24.8 cm³/mol. The van der Waals surface area contributed by atoms with Crippen molar-refractivity contribution in [3.05, 3.63) is 0 Å². The highest BCUT2D eigenvalue weighted by molar-refractivity contribution is 5.65. The minimum Gasteiger partial charge on any atom is -0.333 e. The van der Waals surface area contributed by atoms with Crippen molar-refractivity contribution >= 4 is 12.3 Å². The third-order valence-electron chi connectivity index (χ3n) is 0.248. The molecule has 0 saturated carbocycles. The largest absolute Gasteiger partial charge is 0.430 e. The molecule has 0 aromatic rings. The molecule has 0 aliphatic rings. The molecule has 0 spiro atoms. The zero-order chi connectivity index (χ0) is 5.70. The molecular weight excluding hydrogens is 96.0 g/mol. The summed E-state index contributed by atoms with van der Waals surface area (Å²) in [5.74, 6) is 0. The van der Waals surface area contributed by atoms with Gasteiger partial charge in [-0.1, -0.05) is 5.16 Å². The molecule has 0 saturated heterocycles. The lowest BCUT2D eigenvalue weighted by Gasteiger charge is -1.82. The highest BCUT2D eigenvalue weighted by atomic mass is 16.7. The smallest absolute Gasteiger partial charge is 0.333 e. The van der Waals surface area contributed by atoms with E-state index < -0.39 is 6.09 Å². The topological polar surface area (TPSA) is 64.7 Å². The van der Waals surface area contributed by atoms with Crippen LogP contribution in [0.5, 0.6) is 0 Å². The zero-order valence-electron chi connectivity index (χ0n) is 3.92. The van der Waals surface area contributed by atoms with Gasteiger partial charge in [-0.25, -0.2) is 4.79 Å². The average molecular weight is 102 g/mol. The number of carbonyl (C=O) groups is 1. The van der Waals surface area contributed by atoms with Gasteiger partial charge >= 0.3 is 6.09 Å². The monoisotopic (exact) mass is 102 g/mol. The van der Waals surface area contributed by atoms with Gasteiger partial charge in [-0.15, -0.1) is 0 Å². The molecule has 7 heavy (non-hydrogen) atoms. The predicted octanol–water partition coefficient (Wildman–Crippen LogP) is 0.0874. The molecule has 0 atom stereocenters. The average Bonchev–Trinajstić information content (AvgIpc) is 1.61. The molecule has 0 bridgehead atoms. The number of carbonyl (C=O) groups excluding carboxylic acids is 1. The standard InChI is InChI=1S/C3H6N2O2/c1-2-5-7-3(4)6/h2H,1H3,(H2,4,6). The van der Waals surface area contributed by atoms with Crippen LogP contribution < -0.4 is 5.73 Å². The van der Waals surface area contributed by atoms with Gasteiger partial charge in [-0.3, -0.25) is 4.84 Å². The molecule has 40 valence electrons. The van der Waals surface area contributed by atoms with E-state index in [1.807, 2.05) is 0 Å². The van der Waals surface area contributed by atoms with E-state index in [2.05, 4.69) is 15.7 Å². The second-order valence-electron chi connectivity index (χ2n) is 0.774. The number of hydrogen-bond donors (Lipinski definition) is 1. The van der Waals surface area contributed by atoms with Crippen LogP contribution in [0.3, 0.4) is 0 Å². The van der Waals surface area contributed by atoms with Crippen LogP contribution in [0, 0.1) is 0 Å². The molecule has 0 unspecified atom stereocenters. The number of primary amides is 1. The van der Waals surface area contributed by atoms with E-state index in [1.54, 1.807) is 6.92 Å². The van der Waals surface area contributed by atoms with E-state index >= 15 is 0 Å². The maximum absolute atomic E-state index is 9.64. The van der Waals surface area contributed by atoms with Crippen molar-refractivity contribution in [2.45, 2.75) is 6.92 Å². The Balaban J connectivity index is 3.14. The fourth-order valence-electron chi connectivity index (χ4n) is 0.105. The van der Waals surface area contributed by atoms with Crippen LogP contribution in [0.25, 0.3) is 0 Å². The normalized spacial score (nSPS) is 9.29. The summed E-state index contributed by atoms with van der Waals surface area (Å²) in [7, 11) is 0. The lowest BCUT2D eigenvalue weighted by molar-refractivity contribution is 0.162.